The van der Waals surface area contributed by atoms with Crippen molar-refractivity contribution in [2.24, 2.45) is 5.41 Å². The van der Waals surface area contributed by atoms with E-state index in [1.54, 1.807) is 7.11 Å². The molecule has 0 saturated heterocycles. The number of thiophene rings is 1. The fourth-order valence-corrected chi connectivity index (χ4v) is 5.00. The summed E-state index contributed by atoms with van der Waals surface area (Å²) in [7, 11) is 1.62. The topological polar surface area (TPSA) is 47.6 Å². The van der Waals surface area contributed by atoms with Crippen molar-refractivity contribution in [3.63, 3.8) is 0 Å². The number of aryl methyl sites for hydroxylation is 1. The molecule has 0 bridgehead atoms. The van der Waals surface area contributed by atoms with Gasteiger partial charge in [-0.1, -0.05) is 12.8 Å². The third-order valence-electron chi connectivity index (χ3n) is 5.24. The SMILES string of the molecule is CCOC1CC(NC(=O)c2sc(C)cc2OC)C12CCCC2. The second kappa shape index (κ2) is 6.20. The van der Waals surface area contributed by atoms with Crippen LogP contribution in [0.2, 0.25) is 0 Å². The number of amides is 1. The highest BCUT2D eigenvalue weighted by Crippen LogP contribution is 2.54. The van der Waals surface area contributed by atoms with Gasteiger partial charge in [0.25, 0.3) is 5.91 Å². The number of nitrogens with one attached hydrogen (secondary N) is 1. The van der Waals surface area contributed by atoms with Crippen molar-refractivity contribution in [1.82, 2.24) is 5.32 Å². The van der Waals surface area contributed by atoms with Gasteiger partial charge < -0.3 is 14.8 Å². The number of carbonyl (C=O) groups excluding carboxylic acids is 1. The second-order valence-corrected chi connectivity index (χ2v) is 7.66. The van der Waals surface area contributed by atoms with Crippen LogP contribution in [0.4, 0.5) is 0 Å². The van der Waals surface area contributed by atoms with E-state index in [-0.39, 0.29) is 17.4 Å². The van der Waals surface area contributed by atoms with Crippen molar-refractivity contribution < 1.29 is 14.3 Å². The summed E-state index contributed by atoms with van der Waals surface area (Å²) in [6.07, 6.45) is 6.09. The monoisotopic (exact) mass is 323 g/mol. The summed E-state index contributed by atoms with van der Waals surface area (Å²) in [5.74, 6) is 0.683. The fraction of sp³-hybridized carbons (Fsp3) is 0.706. The molecule has 0 radical (unpaired) electrons. The first-order valence-corrected chi connectivity index (χ1v) is 8.99. The molecule has 4 nitrogen and oxygen atoms in total. The third kappa shape index (κ3) is 2.54. The maximum atomic E-state index is 12.6. The van der Waals surface area contributed by atoms with Crippen LogP contribution in [0.25, 0.3) is 0 Å². The molecule has 1 aromatic heterocycles. The summed E-state index contributed by atoms with van der Waals surface area (Å²) >= 11 is 1.50. The van der Waals surface area contributed by atoms with Gasteiger partial charge in [-0.25, -0.2) is 0 Å². The molecular weight excluding hydrogens is 298 g/mol. The van der Waals surface area contributed by atoms with Crippen molar-refractivity contribution in [2.75, 3.05) is 13.7 Å². The minimum absolute atomic E-state index is 0.00109. The molecule has 1 aromatic rings. The molecule has 2 atom stereocenters. The van der Waals surface area contributed by atoms with Gasteiger partial charge in [-0.3, -0.25) is 4.79 Å². The maximum Gasteiger partial charge on any atom is 0.265 e. The lowest BCUT2D eigenvalue weighted by Gasteiger charge is -2.54. The van der Waals surface area contributed by atoms with Crippen LogP contribution in [0.3, 0.4) is 0 Å². The minimum atomic E-state index is 0.00109. The molecule has 0 aliphatic heterocycles. The first-order valence-electron chi connectivity index (χ1n) is 8.17. The largest absolute Gasteiger partial charge is 0.495 e. The van der Waals surface area contributed by atoms with E-state index in [0.29, 0.717) is 16.7 Å². The molecule has 2 fully saturated rings. The molecule has 2 aliphatic rings. The van der Waals surface area contributed by atoms with Gasteiger partial charge >= 0.3 is 0 Å². The Morgan fingerprint density at radius 2 is 2.18 bits per heavy atom. The molecule has 1 spiro atoms. The Balaban J connectivity index is 1.71. The average molecular weight is 323 g/mol. The van der Waals surface area contributed by atoms with Gasteiger partial charge in [0.1, 0.15) is 10.6 Å². The molecule has 2 saturated carbocycles. The zero-order chi connectivity index (χ0) is 15.7. The molecule has 122 valence electrons. The highest BCUT2D eigenvalue weighted by atomic mass is 32.1. The average Bonchev–Trinajstić information content (AvgIpc) is 3.14. The lowest BCUT2D eigenvalue weighted by molar-refractivity contribution is -0.127. The van der Waals surface area contributed by atoms with Gasteiger partial charge in [-0.2, -0.15) is 0 Å². The zero-order valence-corrected chi connectivity index (χ0v) is 14.4. The lowest BCUT2D eigenvalue weighted by atomic mass is 9.60. The fourth-order valence-electron chi connectivity index (χ4n) is 4.11. The molecular formula is C17H25NO3S. The van der Waals surface area contributed by atoms with E-state index < -0.39 is 0 Å². The smallest absolute Gasteiger partial charge is 0.265 e. The van der Waals surface area contributed by atoms with Crippen molar-refractivity contribution in [1.29, 1.82) is 0 Å². The van der Waals surface area contributed by atoms with Gasteiger partial charge in [0.15, 0.2) is 0 Å². The van der Waals surface area contributed by atoms with Crippen LogP contribution in [0.5, 0.6) is 5.75 Å². The number of carbonyl (C=O) groups is 1. The predicted molar refractivity (Wildman–Crippen MR) is 87.8 cm³/mol. The maximum absolute atomic E-state index is 12.6. The van der Waals surface area contributed by atoms with Crippen molar-refractivity contribution in [3.05, 3.63) is 15.8 Å². The molecule has 5 heteroatoms. The van der Waals surface area contributed by atoms with Gasteiger partial charge in [0.05, 0.1) is 13.2 Å². The van der Waals surface area contributed by atoms with Crippen LogP contribution in [-0.4, -0.2) is 31.8 Å². The van der Waals surface area contributed by atoms with Crippen LogP contribution < -0.4 is 10.1 Å². The normalized spacial score (nSPS) is 26.0. The van der Waals surface area contributed by atoms with E-state index in [1.807, 2.05) is 19.9 Å². The highest BCUT2D eigenvalue weighted by molar-refractivity contribution is 7.14. The summed E-state index contributed by atoms with van der Waals surface area (Å²) in [6, 6.07) is 2.17. The number of rotatable bonds is 5. The van der Waals surface area contributed by atoms with Crippen LogP contribution in [0, 0.1) is 12.3 Å². The molecule has 3 rings (SSSR count). The molecule has 1 N–H and O–H groups in total. The Labute approximate surface area is 136 Å². The summed E-state index contributed by atoms with van der Waals surface area (Å²) in [6.45, 7) is 4.80. The molecule has 2 aliphatic carbocycles. The third-order valence-corrected chi connectivity index (χ3v) is 6.27. The second-order valence-electron chi connectivity index (χ2n) is 6.40. The van der Waals surface area contributed by atoms with Gasteiger partial charge in [-0.15, -0.1) is 11.3 Å². The van der Waals surface area contributed by atoms with Crippen molar-refractivity contribution in [2.45, 2.75) is 58.1 Å². The summed E-state index contributed by atoms with van der Waals surface area (Å²) < 4.78 is 11.2. The predicted octanol–water partition coefficient (Wildman–Crippen LogP) is 3.53. The van der Waals surface area contributed by atoms with E-state index in [1.165, 1.54) is 37.0 Å². The number of hydrogen-bond acceptors (Lipinski definition) is 4. The van der Waals surface area contributed by atoms with Gasteiger partial charge in [-0.05, 0) is 39.2 Å². The quantitative estimate of drug-likeness (QED) is 0.901. The van der Waals surface area contributed by atoms with Crippen molar-refractivity contribution >= 4 is 17.2 Å². The molecule has 0 aromatic carbocycles. The van der Waals surface area contributed by atoms with Gasteiger partial charge in [0.2, 0.25) is 0 Å². The number of hydrogen-bond donors (Lipinski definition) is 1. The standard InChI is InChI=1S/C17H25NO3S/c1-4-21-14-10-13(17(14)7-5-6-8-17)18-16(19)15-12(20-3)9-11(2)22-15/h9,13-14H,4-8,10H2,1-3H3,(H,18,19). The van der Waals surface area contributed by atoms with E-state index in [2.05, 4.69) is 5.32 Å². The van der Waals surface area contributed by atoms with Crippen LogP contribution in [-0.2, 0) is 4.74 Å². The summed E-state index contributed by atoms with van der Waals surface area (Å²) in [5.41, 5.74) is 0.172. The van der Waals surface area contributed by atoms with Crippen LogP contribution in [0.15, 0.2) is 6.07 Å². The Morgan fingerprint density at radius 1 is 1.45 bits per heavy atom. The number of ether oxygens (including phenoxy) is 2. The lowest BCUT2D eigenvalue weighted by Crippen LogP contribution is -2.63. The Kier molecular flexibility index (Phi) is 4.46. The zero-order valence-electron chi connectivity index (χ0n) is 13.6. The highest BCUT2D eigenvalue weighted by Gasteiger charge is 2.57. The number of methoxy groups -OCH3 is 1. The Hall–Kier alpha value is -1.07. The molecule has 1 heterocycles. The van der Waals surface area contributed by atoms with Crippen LogP contribution in [0.1, 0.15) is 53.6 Å². The van der Waals surface area contributed by atoms with Crippen molar-refractivity contribution in [3.8, 4) is 5.75 Å². The van der Waals surface area contributed by atoms with E-state index in [0.717, 1.165) is 17.9 Å². The first-order chi connectivity index (χ1) is 10.6. The van der Waals surface area contributed by atoms with E-state index in [9.17, 15) is 4.79 Å². The summed E-state index contributed by atoms with van der Waals surface area (Å²) in [4.78, 5) is 14.4. The van der Waals surface area contributed by atoms with E-state index in [4.69, 9.17) is 9.47 Å². The Morgan fingerprint density at radius 3 is 2.82 bits per heavy atom. The molecule has 1 amide bonds. The first kappa shape index (κ1) is 15.8. The van der Waals surface area contributed by atoms with E-state index >= 15 is 0 Å². The summed E-state index contributed by atoms with van der Waals surface area (Å²) in [5, 5.41) is 3.25. The molecule has 22 heavy (non-hydrogen) atoms. The molecule has 2 unspecified atom stereocenters. The van der Waals surface area contributed by atoms with Gasteiger partial charge in [0, 0.05) is 22.9 Å². The van der Waals surface area contributed by atoms with Crippen LogP contribution >= 0.6 is 11.3 Å². The minimum Gasteiger partial charge on any atom is -0.495 e. The Bertz CT molecular complexity index is 548.